The lowest BCUT2D eigenvalue weighted by Crippen LogP contribution is -2.58. The van der Waals surface area contributed by atoms with Crippen LogP contribution in [-0.2, 0) is 47.0 Å². The Hall–Kier alpha value is -4.01. The van der Waals surface area contributed by atoms with Crippen LogP contribution in [0.4, 0.5) is 10.1 Å². The lowest BCUT2D eigenvalue weighted by Gasteiger charge is -2.47. The molecule has 1 fully saturated rings. The first kappa shape index (κ1) is 36.4. The van der Waals surface area contributed by atoms with E-state index in [-0.39, 0.29) is 25.1 Å². The normalized spacial score (nSPS) is 27.2. The number of fused-ring (bicyclic) bond motifs is 1. The third kappa shape index (κ3) is 6.57. The third-order valence-electron chi connectivity index (χ3n) is 11.4. The summed E-state index contributed by atoms with van der Waals surface area (Å²) in [7, 11) is -0.783. The van der Waals surface area contributed by atoms with Crippen molar-refractivity contribution in [2.75, 3.05) is 31.6 Å². The first-order valence-electron chi connectivity index (χ1n) is 17.9. The van der Waals surface area contributed by atoms with Crippen LogP contribution in [0.1, 0.15) is 78.8 Å². The number of aromatic nitrogens is 3. The van der Waals surface area contributed by atoms with Gasteiger partial charge in [-0.2, -0.15) is 5.10 Å². The van der Waals surface area contributed by atoms with Gasteiger partial charge in [0.05, 0.1) is 23.0 Å². The minimum atomic E-state index is -4.15. The molecule has 1 spiro atoms. The van der Waals surface area contributed by atoms with Crippen LogP contribution < -0.4 is 14.4 Å². The van der Waals surface area contributed by atoms with Crippen LogP contribution in [0.25, 0.3) is 0 Å². The lowest BCUT2D eigenvalue weighted by atomic mass is 9.79. The lowest BCUT2D eigenvalue weighted by molar-refractivity contribution is -0.137. The van der Waals surface area contributed by atoms with Crippen LogP contribution in [0.15, 0.2) is 48.6 Å². The first-order chi connectivity index (χ1) is 24.8. The van der Waals surface area contributed by atoms with Crippen molar-refractivity contribution in [3.63, 3.8) is 0 Å². The number of nitrogens with one attached hydrogen (secondary N) is 1. The summed E-state index contributed by atoms with van der Waals surface area (Å²) in [5.41, 5.74) is 2.83. The van der Waals surface area contributed by atoms with E-state index in [0.717, 1.165) is 36.0 Å². The summed E-state index contributed by atoms with van der Waals surface area (Å²) in [6, 6.07) is 7.59. The Morgan fingerprint density at radius 1 is 1.17 bits per heavy atom. The molecule has 4 atom stereocenters. The van der Waals surface area contributed by atoms with Crippen molar-refractivity contribution in [1.29, 1.82) is 0 Å². The number of benzene rings is 2. The zero-order valence-corrected chi connectivity index (χ0v) is 31.5. The number of sulfonamides is 1. The van der Waals surface area contributed by atoms with Crippen molar-refractivity contribution >= 4 is 39.1 Å². The van der Waals surface area contributed by atoms with Gasteiger partial charge >= 0.3 is 0 Å². The maximum atomic E-state index is 17.2. The molecule has 4 aliphatic rings. The van der Waals surface area contributed by atoms with Gasteiger partial charge in [-0.05, 0) is 98.4 Å². The fourth-order valence-corrected chi connectivity index (χ4v) is 9.79. The molecule has 0 saturated carbocycles. The number of aryl methyl sites for hydroxylation is 2. The van der Waals surface area contributed by atoms with Crippen molar-refractivity contribution in [3.05, 3.63) is 81.7 Å². The molecular formula is C37H45ClFN7O5S. The van der Waals surface area contributed by atoms with E-state index in [9.17, 15) is 18.0 Å². The Kier molecular flexibility index (Phi) is 9.85. The molecule has 3 aromatic rings. The molecule has 52 heavy (non-hydrogen) atoms. The molecule has 0 aliphatic carbocycles. The molecule has 1 aromatic heterocycles. The number of carbonyl (C=O) groups excluding carboxylic acids is 2. The van der Waals surface area contributed by atoms with Gasteiger partial charge in [0.2, 0.25) is 15.9 Å². The van der Waals surface area contributed by atoms with Crippen LogP contribution in [-0.4, -0.2) is 82.8 Å². The molecule has 1 saturated heterocycles. The fourth-order valence-electron chi connectivity index (χ4n) is 8.27. The minimum Gasteiger partial charge on any atom is -0.487 e. The largest absolute Gasteiger partial charge is 0.487 e. The highest BCUT2D eigenvalue weighted by molar-refractivity contribution is 7.90. The maximum Gasteiger partial charge on any atom is 0.264 e. The molecule has 7 bridgehead atoms. The highest BCUT2D eigenvalue weighted by Gasteiger charge is 2.52. The molecule has 5 heterocycles. The number of amides is 2. The molecular weight excluding hydrogens is 709 g/mol. The van der Waals surface area contributed by atoms with Crippen LogP contribution in [0, 0.1) is 5.92 Å². The molecule has 1 N–H and O–H groups in total. The molecule has 15 heteroatoms. The van der Waals surface area contributed by atoms with Gasteiger partial charge in [-0.3, -0.25) is 19.2 Å². The van der Waals surface area contributed by atoms with Gasteiger partial charge in [0.15, 0.2) is 0 Å². The van der Waals surface area contributed by atoms with Crippen molar-refractivity contribution in [2.45, 2.75) is 82.4 Å². The van der Waals surface area contributed by atoms with Gasteiger partial charge in [-0.15, -0.1) is 0 Å². The smallest absolute Gasteiger partial charge is 0.264 e. The van der Waals surface area contributed by atoms with E-state index < -0.39 is 50.4 Å². The van der Waals surface area contributed by atoms with Crippen molar-refractivity contribution in [1.82, 2.24) is 29.3 Å². The van der Waals surface area contributed by atoms with Gasteiger partial charge in [0.1, 0.15) is 36.4 Å². The minimum absolute atomic E-state index is 0.0189. The zero-order chi connectivity index (χ0) is 36.9. The van der Waals surface area contributed by atoms with E-state index in [2.05, 4.69) is 19.7 Å². The van der Waals surface area contributed by atoms with Gasteiger partial charge in [0.25, 0.3) is 5.91 Å². The average molecular weight is 754 g/mol. The Bertz CT molecular complexity index is 2040. The Balaban J connectivity index is 1.47. The first-order valence-corrected chi connectivity index (χ1v) is 19.8. The van der Waals surface area contributed by atoms with Gasteiger partial charge in [-0.1, -0.05) is 24.6 Å². The van der Waals surface area contributed by atoms with Crippen molar-refractivity contribution in [2.24, 2.45) is 13.0 Å². The maximum absolute atomic E-state index is 17.2. The van der Waals surface area contributed by atoms with Crippen LogP contribution in [0.3, 0.4) is 0 Å². The summed E-state index contributed by atoms with van der Waals surface area (Å²) in [5, 5.41) is 3.66. The molecule has 2 amide bonds. The summed E-state index contributed by atoms with van der Waals surface area (Å²) in [5.74, 6) is -1.37. The fraction of sp³-hybridized carbons (Fsp3) is 0.514. The second-order valence-corrected chi connectivity index (χ2v) is 17.1. The van der Waals surface area contributed by atoms with E-state index in [1.54, 1.807) is 43.9 Å². The van der Waals surface area contributed by atoms with E-state index in [1.807, 2.05) is 17.0 Å². The number of rotatable bonds is 3. The molecule has 12 nitrogen and oxygen atoms in total. The van der Waals surface area contributed by atoms with E-state index >= 15 is 4.39 Å². The molecule has 0 radical (unpaired) electrons. The van der Waals surface area contributed by atoms with Crippen LogP contribution in [0.2, 0.25) is 5.02 Å². The number of allylic oxidation sites excluding steroid dienone is 1. The summed E-state index contributed by atoms with van der Waals surface area (Å²) in [6.45, 7) is 4.84. The average Bonchev–Trinajstić information content (AvgIpc) is 3.72. The second kappa shape index (κ2) is 14.1. The number of carbonyl (C=O) groups is 2. The monoisotopic (exact) mass is 753 g/mol. The quantitative estimate of drug-likeness (QED) is 0.399. The van der Waals surface area contributed by atoms with Crippen molar-refractivity contribution in [3.8, 4) is 5.75 Å². The predicted molar refractivity (Wildman–Crippen MR) is 195 cm³/mol. The highest BCUT2D eigenvalue weighted by Crippen LogP contribution is 2.49. The number of hydrogen-bond donors (Lipinski definition) is 1. The SMILES string of the molecule is C[C@@H]1[C@@H](C)C/C=C(\F)[C@H](C(=O)N(C)Cc2ncnn2C)N2CCC[C@@]23CN2CCCCc4cc(Cl)cc3c4COc3ccc(cc32)C(=O)NS1(=O)=O. The van der Waals surface area contributed by atoms with Crippen LogP contribution in [0.5, 0.6) is 5.75 Å². The molecule has 7 rings (SSSR count). The molecule has 278 valence electrons. The summed E-state index contributed by atoms with van der Waals surface area (Å²) >= 11 is 6.91. The van der Waals surface area contributed by atoms with Gasteiger partial charge in [-0.25, -0.2) is 22.5 Å². The Labute approximate surface area is 309 Å². The van der Waals surface area contributed by atoms with E-state index in [0.29, 0.717) is 54.8 Å². The predicted octanol–water partition coefficient (Wildman–Crippen LogP) is 4.86. The number of nitrogens with zero attached hydrogens (tertiary/aromatic N) is 6. The summed E-state index contributed by atoms with van der Waals surface area (Å²) < 4.78 is 54.6. The topological polar surface area (TPSA) is 130 Å². The number of likely N-dealkylation sites (N-methyl/N-ethyl adjacent to an activating group) is 1. The highest BCUT2D eigenvalue weighted by atomic mass is 35.5. The van der Waals surface area contributed by atoms with E-state index in [1.165, 1.54) is 24.2 Å². The number of ether oxygens (including phenoxy) is 1. The van der Waals surface area contributed by atoms with Gasteiger partial charge in [0, 0.05) is 44.3 Å². The van der Waals surface area contributed by atoms with Gasteiger partial charge < -0.3 is 14.5 Å². The van der Waals surface area contributed by atoms with E-state index in [4.69, 9.17) is 16.3 Å². The Morgan fingerprint density at radius 3 is 2.75 bits per heavy atom. The Morgan fingerprint density at radius 2 is 1.98 bits per heavy atom. The van der Waals surface area contributed by atoms with Crippen molar-refractivity contribution < 1.29 is 27.1 Å². The molecule has 0 unspecified atom stereocenters. The number of halogens is 2. The van der Waals surface area contributed by atoms with Crippen LogP contribution >= 0.6 is 11.6 Å². The number of hydrogen-bond acceptors (Lipinski definition) is 9. The molecule has 2 aromatic carbocycles. The summed E-state index contributed by atoms with van der Waals surface area (Å²) in [6.07, 6.45) is 6.50. The summed E-state index contributed by atoms with van der Waals surface area (Å²) in [4.78, 5) is 38.3. The second-order valence-electron chi connectivity index (χ2n) is 14.6. The molecule has 4 aliphatic heterocycles. The number of anilines is 1. The third-order valence-corrected chi connectivity index (χ3v) is 13.6. The standard InChI is InChI=1S/C37H45ClFN7O5S/c1-23-9-11-30(39)34(36(48)43(3)19-33-40-22-41-44(33)4)46-15-7-13-37(46)21-45-14-6-5-8-25-16-27(38)18-29(37)28(25)20-51-32-12-10-26(17-31(32)45)35(47)42-52(49,50)24(23)2/h10-12,16-18,22-24,34H,5-9,13-15,19-21H2,1-4H3,(H,42,47)/b30-11-/t23-,24+,34+,37-/m0/s1. The zero-order valence-electron chi connectivity index (χ0n) is 29.9.